The number of nitro groups is 1. The summed E-state index contributed by atoms with van der Waals surface area (Å²) in [6.07, 6.45) is 0. The maximum Gasteiger partial charge on any atom is 0.273 e. The first-order chi connectivity index (χ1) is 6.61. The van der Waals surface area contributed by atoms with Gasteiger partial charge in [-0.15, -0.1) is 11.3 Å². The molecular formula is C9H6ClNO2S. The van der Waals surface area contributed by atoms with Gasteiger partial charge in [-0.05, 0) is 13.0 Å². The van der Waals surface area contributed by atoms with Gasteiger partial charge in [0.1, 0.15) is 0 Å². The molecule has 3 nitrogen and oxygen atoms in total. The van der Waals surface area contributed by atoms with E-state index in [1.54, 1.807) is 18.4 Å². The van der Waals surface area contributed by atoms with Crippen molar-refractivity contribution < 1.29 is 4.92 Å². The summed E-state index contributed by atoms with van der Waals surface area (Å²) in [4.78, 5) is 10.3. The normalized spacial score (nSPS) is 10.7. The minimum absolute atomic E-state index is 0.123. The lowest BCUT2D eigenvalue weighted by molar-refractivity contribution is -0.385. The van der Waals surface area contributed by atoms with E-state index in [1.807, 2.05) is 0 Å². The molecule has 2 rings (SSSR count). The first kappa shape index (κ1) is 9.43. The predicted molar refractivity (Wildman–Crippen MR) is 58.2 cm³/mol. The van der Waals surface area contributed by atoms with Gasteiger partial charge in [-0.25, -0.2) is 0 Å². The van der Waals surface area contributed by atoms with Crippen molar-refractivity contribution in [2.45, 2.75) is 6.92 Å². The lowest BCUT2D eigenvalue weighted by Crippen LogP contribution is -1.91. The zero-order chi connectivity index (χ0) is 10.3. The predicted octanol–water partition coefficient (Wildman–Crippen LogP) is 3.77. The second-order valence-corrected chi connectivity index (χ2v) is 4.24. The van der Waals surface area contributed by atoms with Gasteiger partial charge in [-0.3, -0.25) is 10.1 Å². The topological polar surface area (TPSA) is 43.1 Å². The van der Waals surface area contributed by atoms with E-state index in [0.717, 1.165) is 10.1 Å². The highest BCUT2D eigenvalue weighted by Gasteiger charge is 2.15. The number of halogens is 1. The zero-order valence-electron chi connectivity index (χ0n) is 7.28. The standard InChI is InChI=1S/C9H6ClNO2S/c1-5-7(11(12)13)2-3-8-9(5)6(10)4-14-8/h2-4H,1H3. The van der Waals surface area contributed by atoms with Crippen LogP contribution in [0.1, 0.15) is 5.56 Å². The van der Waals surface area contributed by atoms with Gasteiger partial charge in [0.2, 0.25) is 0 Å². The van der Waals surface area contributed by atoms with Crippen LogP contribution in [-0.2, 0) is 0 Å². The van der Waals surface area contributed by atoms with Crippen molar-refractivity contribution >= 4 is 38.7 Å². The molecule has 2 aromatic rings. The van der Waals surface area contributed by atoms with E-state index in [4.69, 9.17) is 11.6 Å². The average Bonchev–Trinajstić information content (AvgIpc) is 2.48. The third-order valence-corrected chi connectivity index (χ3v) is 3.50. The van der Waals surface area contributed by atoms with Crippen LogP contribution in [0.5, 0.6) is 0 Å². The Balaban J connectivity index is 2.86. The summed E-state index contributed by atoms with van der Waals surface area (Å²) in [6.45, 7) is 1.72. The molecule has 1 heterocycles. The van der Waals surface area contributed by atoms with E-state index >= 15 is 0 Å². The van der Waals surface area contributed by atoms with Crippen LogP contribution in [0.15, 0.2) is 17.5 Å². The zero-order valence-corrected chi connectivity index (χ0v) is 8.85. The van der Waals surface area contributed by atoms with E-state index in [9.17, 15) is 10.1 Å². The summed E-state index contributed by atoms with van der Waals surface area (Å²) < 4.78 is 0.984. The fraction of sp³-hybridized carbons (Fsp3) is 0.111. The second kappa shape index (κ2) is 3.22. The molecule has 1 aromatic carbocycles. The molecule has 1 aromatic heterocycles. The van der Waals surface area contributed by atoms with E-state index in [2.05, 4.69) is 0 Å². The van der Waals surface area contributed by atoms with Crippen molar-refractivity contribution in [3.63, 3.8) is 0 Å². The van der Waals surface area contributed by atoms with Crippen LogP contribution >= 0.6 is 22.9 Å². The van der Waals surface area contributed by atoms with Crippen LogP contribution in [0.3, 0.4) is 0 Å². The lowest BCUT2D eigenvalue weighted by atomic mass is 10.1. The molecular weight excluding hydrogens is 222 g/mol. The highest BCUT2D eigenvalue weighted by molar-refractivity contribution is 7.17. The molecule has 0 bridgehead atoms. The Kier molecular flexibility index (Phi) is 2.17. The van der Waals surface area contributed by atoms with Crippen LogP contribution in [-0.4, -0.2) is 4.92 Å². The van der Waals surface area contributed by atoms with Gasteiger partial charge in [-0.2, -0.15) is 0 Å². The van der Waals surface area contributed by atoms with Gasteiger partial charge in [-0.1, -0.05) is 11.6 Å². The lowest BCUT2D eigenvalue weighted by Gasteiger charge is -1.98. The monoisotopic (exact) mass is 227 g/mol. The molecule has 5 heteroatoms. The third kappa shape index (κ3) is 1.27. The molecule has 0 saturated carbocycles. The fourth-order valence-corrected chi connectivity index (χ4v) is 2.75. The van der Waals surface area contributed by atoms with Crippen molar-refractivity contribution in [3.05, 3.63) is 38.2 Å². The van der Waals surface area contributed by atoms with Crippen molar-refractivity contribution in [1.29, 1.82) is 0 Å². The molecule has 0 radical (unpaired) electrons. The van der Waals surface area contributed by atoms with Gasteiger partial charge in [0.25, 0.3) is 5.69 Å². The fourth-order valence-electron chi connectivity index (χ4n) is 1.44. The first-order valence-electron chi connectivity index (χ1n) is 3.92. The quantitative estimate of drug-likeness (QED) is 0.550. The van der Waals surface area contributed by atoms with Crippen LogP contribution in [0, 0.1) is 17.0 Å². The number of nitrogens with zero attached hydrogens (tertiary/aromatic N) is 1. The third-order valence-electron chi connectivity index (χ3n) is 2.12. The molecule has 0 unspecified atom stereocenters. The summed E-state index contributed by atoms with van der Waals surface area (Å²) in [7, 11) is 0. The maximum absolute atomic E-state index is 10.7. The van der Waals surface area contributed by atoms with Crippen molar-refractivity contribution in [2.24, 2.45) is 0 Å². The number of fused-ring (bicyclic) bond motifs is 1. The molecule has 0 N–H and O–H groups in total. The Morgan fingerprint density at radius 3 is 2.86 bits per heavy atom. The molecule has 0 amide bonds. The number of rotatable bonds is 1. The summed E-state index contributed by atoms with van der Waals surface area (Å²) in [6, 6.07) is 3.25. The van der Waals surface area contributed by atoms with Crippen LogP contribution in [0.25, 0.3) is 10.1 Å². The number of hydrogen-bond acceptors (Lipinski definition) is 3. The molecule has 0 atom stereocenters. The molecule has 14 heavy (non-hydrogen) atoms. The number of thiophene rings is 1. The van der Waals surface area contributed by atoms with Crippen LogP contribution in [0.4, 0.5) is 5.69 Å². The summed E-state index contributed by atoms with van der Waals surface area (Å²) in [5, 5.41) is 13.8. The number of hydrogen-bond donors (Lipinski definition) is 0. The Hall–Kier alpha value is -1.13. The minimum atomic E-state index is -0.386. The largest absolute Gasteiger partial charge is 0.273 e. The van der Waals surface area contributed by atoms with E-state index in [-0.39, 0.29) is 10.6 Å². The first-order valence-corrected chi connectivity index (χ1v) is 5.17. The molecule has 0 aliphatic rings. The molecule has 0 saturated heterocycles. The molecule has 0 spiro atoms. The Labute approximate surface area is 89.1 Å². The van der Waals surface area contributed by atoms with E-state index in [0.29, 0.717) is 10.6 Å². The maximum atomic E-state index is 10.7. The Bertz CT molecular complexity index is 521. The number of aryl methyl sites for hydroxylation is 1. The minimum Gasteiger partial charge on any atom is -0.258 e. The van der Waals surface area contributed by atoms with Crippen LogP contribution in [0.2, 0.25) is 5.02 Å². The van der Waals surface area contributed by atoms with Gasteiger partial charge in [0, 0.05) is 27.1 Å². The van der Waals surface area contributed by atoms with Crippen molar-refractivity contribution in [3.8, 4) is 0 Å². The smallest absolute Gasteiger partial charge is 0.258 e. The molecule has 0 fully saturated rings. The highest BCUT2D eigenvalue weighted by Crippen LogP contribution is 2.36. The van der Waals surface area contributed by atoms with Crippen molar-refractivity contribution in [1.82, 2.24) is 0 Å². The molecule has 0 aliphatic heterocycles. The van der Waals surface area contributed by atoms with E-state index in [1.165, 1.54) is 17.4 Å². The SMILES string of the molecule is Cc1c([N+](=O)[O-])ccc2scc(Cl)c12. The van der Waals surface area contributed by atoms with Crippen molar-refractivity contribution in [2.75, 3.05) is 0 Å². The summed E-state index contributed by atoms with van der Waals surface area (Å²) >= 11 is 7.44. The Morgan fingerprint density at radius 1 is 1.50 bits per heavy atom. The number of benzene rings is 1. The summed E-state index contributed by atoms with van der Waals surface area (Å²) in [5.41, 5.74) is 0.761. The average molecular weight is 228 g/mol. The van der Waals surface area contributed by atoms with Gasteiger partial charge < -0.3 is 0 Å². The van der Waals surface area contributed by atoms with Gasteiger partial charge in [0.15, 0.2) is 0 Å². The second-order valence-electron chi connectivity index (χ2n) is 2.92. The summed E-state index contributed by atoms with van der Waals surface area (Å²) in [5.74, 6) is 0. The van der Waals surface area contributed by atoms with Gasteiger partial charge >= 0.3 is 0 Å². The van der Waals surface area contributed by atoms with E-state index < -0.39 is 0 Å². The molecule has 72 valence electrons. The highest BCUT2D eigenvalue weighted by atomic mass is 35.5. The van der Waals surface area contributed by atoms with Gasteiger partial charge in [0.05, 0.1) is 9.95 Å². The number of nitro benzene ring substituents is 1. The van der Waals surface area contributed by atoms with Crippen LogP contribution < -0.4 is 0 Å². The molecule has 0 aliphatic carbocycles. The Morgan fingerprint density at radius 2 is 2.21 bits per heavy atom.